The van der Waals surface area contributed by atoms with E-state index in [-0.39, 0.29) is 16.5 Å². The lowest BCUT2D eigenvalue weighted by Crippen LogP contribution is -2.32. The SMILES string of the molecule is CSC(=Nc1ccc(N2CCc3ccccc3C2)c(C(F)(F)F)c1)NC#N. The normalized spacial score (nSPS) is 14.5. The second-order valence-corrected chi connectivity index (χ2v) is 6.79. The molecular formula is C19H17F3N4S. The first kappa shape index (κ1) is 19.1. The summed E-state index contributed by atoms with van der Waals surface area (Å²) in [5.74, 6) is 0. The molecule has 0 saturated heterocycles. The topological polar surface area (TPSA) is 51.4 Å². The molecule has 2 aromatic carbocycles. The van der Waals surface area contributed by atoms with E-state index in [2.05, 4.69) is 10.3 Å². The second kappa shape index (κ2) is 7.92. The van der Waals surface area contributed by atoms with Gasteiger partial charge in [-0.2, -0.15) is 18.4 Å². The van der Waals surface area contributed by atoms with Gasteiger partial charge in [0.1, 0.15) is 0 Å². The van der Waals surface area contributed by atoms with Gasteiger partial charge >= 0.3 is 6.18 Å². The van der Waals surface area contributed by atoms with Crippen LogP contribution in [-0.2, 0) is 19.1 Å². The highest BCUT2D eigenvalue weighted by atomic mass is 32.2. The number of hydrogen-bond acceptors (Lipinski definition) is 4. The minimum Gasteiger partial charge on any atom is -0.366 e. The minimum absolute atomic E-state index is 0.148. The molecular weight excluding hydrogens is 373 g/mol. The first-order chi connectivity index (χ1) is 12.9. The van der Waals surface area contributed by atoms with Gasteiger partial charge in [-0.25, -0.2) is 4.99 Å². The Kier molecular flexibility index (Phi) is 5.61. The third-order valence-electron chi connectivity index (χ3n) is 4.34. The van der Waals surface area contributed by atoms with E-state index < -0.39 is 11.7 Å². The Bertz CT molecular complexity index is 903. The summed E-state index contributed by atoms with van der Waals surface area (Å²) in [5, 5.41) is 11.3. The first-order valence-electron chi connectivity index (χ1n) is 8.23. The maximum absolute atomic E-state index is 13.7. The minimum atomic E-state index is -4.50. The summed E-state index contributed by atoms with van der Waals surface area (Å²) in [7, 11) is 0. The Balaban J connectivity index is 1.98. The Labute approximate surface area is 159 Å². The fourth-order valence-corrected chi connectivity index (χ4v) is 3.43. The molecule has 27 heavy (non-hydrogen) atoms. The smallest absolute Gasteiger partial charge is 0.366 e. The zero-order chi connectivity index (χ0) is 19.4. The number of nitrogens with one attached hydrogen (secondary N) is 1. The molecule has 0 spiro atoms. The third kappa shape index (κ3) is 4.37. The number of alkyl halides is 3. The zero-order valence-electron chi connectivity index (χ0n) is 14.5. The Morgan fingerprint density at radius 2 is 1.96 bits per heavy atom. The molecule has 0 radical (unpaired) electrons. The summed E-state index contributed by atoms with van der Waals surface area (Å²) >= 11 is 1.15. The van der Waals surface area contributed by atoms with Crippen LogP contribution in [-0.4, -0.2) is 18.0 Å². The molecule has 1 N–H and O–H groups in total. The number of fused-ring (bicyclic) bond motifs is 1. The molecule has 2 aromatic rings. The van der Waals surface area contributed by atoms with E-state index in [1.165, 1.54) is 11.6 Å². The van der Waals surface area contributed by atoms with Crippen LogP contribution in [0.3, 0.4) is 0 Å². The van der Waals surface area contributed by atoms with Crippen molar-refractivity contribution in [3.8, 4) is 6.19 Å². The average molecular weight is 390 g/mol. The first-order valence-corrected chi connectivity index (χ1v) is 9.45. The van der Waals surface area contributed by atoms with Crippen molar-refractivity contribution < 1.29 is 13.2 Å². The van der Waals surface area contributed by atoms with Gasteiger partial charge in [0, 0.05) is 18.8 Å². The molecule has 1 aliphatic heterocycles. The molecule has 4 nitrogen and oxygen atoms in total. The molecule has 1 aliphatic rings. The predicted octanol–water partition coefficient (Wildman–Crippen LogP) is 4.69. The summed E-state index contributed by atoms with van der Waals surface area (Å²) in [4.78, 5) is 5.84. The maximum Gasteiger partial charge on any atom is 0.418 e. The number of hydrogen-bond donors (Lipinski definition) is 1. The van der Waals surface area contributed by atoms with Crippen molar-refractivity contribution in [3.05, 3.63) is 59.2 Å². The summed E-state index contributed by atoms with van der Waals surface area (Å²) in [5.41, 5.74) is 1.80. The van der Waals surface area contributed by atoms with Crippen molar-refractivity contribution in [2.45, 2.75) is 19.1 Å². The van der Waals surface area contributed by atoms with Crippen molar-refractivity contribution in [1.29, 1.82) is 5.26 Å². The van der Waals surface area contributed by atoms with E-state index in [1.54, 1.807) is 23.4 Å². The zero-order valence-corrected chi connectivity index (χ0v) is 15.4. The van der Waals surface area contributed by atoms with Crippen LogP contribution in [0, 0.1) is 11.5 Å². The van der Waals surface area contributed by atoms with Gasteiger partial charge in [-0.15, -0.1) is 0 Å². The Hall–Kier alpha value is -2.66. The van der Waals surface area contributed by atoms with Gasteiger partial charge in [-0.3, -0.25) is 5.32 Å². The Morgan fingerprint density at radius 1 is 1.22 bits per heavy atom. The second-order valence-electron chi connectivity index (χ2n) is 6.00. The van der Waals surface area contributed by atoms with Crippen LogP contribution in [0.5, 0.6) is 0 Å². The number of thioether (sulfide) groups is 1. The number of anilines is 1. The van der Waals surface area contributed by atoms with Crippen LogP contribution in [0.15, 0.2) is 47.5 Å². The largest absolute Gasteiger partial charge is 0.418 e. The van der Waals surface area contributed by atoms with Crippen molar-refractivity contribution in [1.82, 2.24) is 5.32 Å². The van der Waals surface area contributed by atoms with E-state index in [9.17, 15) is 13.2 Å². The number of amidine groups is 1. The average Bonchev–Trinajstić information content (AvgIpc) is 2.66. The predicted molar refractivity (Wildman–Crippen MR) is 102 cm³/mol. The highest BCUT2D eigenvalue weighted by molar-refractivity contribution is 8.13. The molecule has 0 saturated carbocycles. The van der Waals surface area contributed by atoms with E-state index in [1.807, 2.05) is 24.3 Å². The Morgan fingerprint density at radius 3 is 2.63 bits per heavy atom. The fourth-order valence-electron chi connectivity index (χ4n) is 3.09. The molecule has 140 valence electrons. The quantitative estimate of drug-likeness (QED) is 0.350. The van der Waals surface area contributed by atoms with Crippen LogP contribution >= 0.6 is 11.8 Å². The number of nitriles is 1. The third-order valence-corrected chi connectivity index (χ3v) is 4.92. The molecule has 0 atom stereocenters. The molecule has 0 amide bonds. The van der Waals surface area contributed by atoms with Gasteiger partial charge in [0.2, 0.25) is 0 Å². The molecule has 0 unspecified atom stereocenters. The van der Waals surface area contributed by atoms with Crippen molar-refractivity contribution in [2.75, 3.05) is 17.7 Å². The lowest BCUT2D eigenvalue weighted by Gasteiger charge is -2.32. The van der Waals surface area contributed by atoms with Gasteiger partial charge in [-0.1, -0.05) is 36.0 Å². The summed E-state index contributed by atoms with van der Waals surface area (Å²) < 4.78 is 41.1. The maximum atomic E-state index is 13.7. The molecule has 0 fully saturated rings. The molecule has 0 aliphatic carbocycles. The lowest BCUT2D eigenvalue weighted by atomic mass is 9.98. The van der Waals surface area contributed by atoms with E-state index >= 15 is 0 Å². The monoisotopic (exact) mass is 390 g/mol. The van der Waals surface area contributed by atoms with Gasteiger partial charge in [0.25, 0.3) is 0 Å². The van der Waals surface area contributed by atoms with Crippen molar-refractivity contribution >= 4 is 28.3 Å². The van der Waals surface area contributed by atoms with Gasteiger partial charge < -0.3 is 4.90 Å². The van der Waals surface area contributed by atoms with Gasteiger partial charge in [0.05, 0.1) is 11.3 Å². The van der Waals surface area contributed by atoms with Crippen LogP contribution in [0.4, 0.5) is 24.5 Å². The molecule has 8 heteroatoms. The molecule has 1 heterocycles. The number of nitrogens with zero attached hydrogens (tertiary/aromatic N) is 3. The standard InChI is InChI=1S/C19H17F3N4S/c1-27-18(24-12-23)25-15-6-7-17(16(10-15)19(20,21)22)26-9-8-13-4-2-3-5-14(13)11-26/h2-7,10H,8-9,11H2,1H3,(H,24,25). The number of rotatable bonds is 2. The van der Waals surface area contributed by atoms with Gasteiger partial charge in [0.15, 0.2) is 11.4 Å². The number of halogens is 3. The van der Waals surface area contributed by atoms with E-state index in [0.717, 1.165) is 23.4 Å². The van der Waals surface area contributed by atoms with Crippen LogP contribution < -0.4 is 10.2 Å². The summed E-state index contributed by atoms with van der Waals surface area (Å²) in [6.45, 7) is 0.961. The molecule has 0 aromatic heterocycles. The number of aliphatic imine (C=N–C) groups is 1. The molecule has 3 rings (SSSR count). The van der Waals surface area contributed by atoms with Crippen LogP contribution in [0.1, 0.15) is 16.7 Å². The highest BCUT2D eigenvalue weighted by Crippen LogP contribution is 2.40. The van der Waals surface area contributed by atoms with Crippen molar-refractivity contribution in [2.24, 2.45) is 4.99 Å². The van der Waals surface area contributed by atoms with E-state index in [4.69, 9.17) is 5.26 Å². The lowest BCUT2D eigenvalue weighted by molar-refractivity contribution is -0.137. The van der Waals surface area contributed by atoms with Crippen LogP contribution in [0.25, 0.3) is 0 Å². The van der Waals surface area contributed by atoms with E-state index in [0.29, 0.717) is 19.5 Å². The number of benzene rings is 2. The fraction of sp³-hybridized carbons (Fsp3) is 0.263. The van der Waals surface area contributed by atoms with Crippen LogP contribution in [0.2, 0.25) is 0 Å². The van der Waals surface area contributed by atoms with Crippen molar-refractivity contribution in [3.63, 3.8) is 0 Å². The molecule has 0 bridgehead atoms. The van der Waals surface area contributed by atoms with Gasteiger partial charge in [-0.05, 0) is 42.0 Å². The summed E-state index contributed by atoms with van der Waals surface area (Å²) in [6, 6.07) is 11.8. The summed E-state index contributed by atoms with van der Waals surface area (Å²) in [6.07, 6.45) is -0.383. The highest BCUT2D eigenvalue weighted by Gasteiger charge is 2.36.